The minimum atomic E-state index is 0.130. The molecule has 0 spiro atoms. The van der Waals surface area contributed by atoms with Gasteiger partial charge < -0.3 is 4.74 Å². The van der Waals surface area contributed by atoms with E-state index in [9.17, 15) is 4.79 Å². The molecule has 19 heavy (non-hydrogen) atoms. The van der Waals surface area contributed by atoms with Crippen LogP contribution in [0.3, 0.4) is 0 Å². The zero-order valence-electron chi connectivity index (χ0n) is 11.1. The van der Waals surface area contributed by atoms with Gasteiger partial charge in [0.2, 0.25) is 0 Å². The number of carbonyl (C=O) groups excluding carboxylic acids is 1. The third-order valence-electron chi connectivity index (χ3n) is 2.92. The van der Waals surface area contributed by atoms with E-state index < -0.39 is 0 Å². The number of rotatable bonds is 6. The Kier molecular flexibility index (Phi) is 4.73. The largest absolute Gasteiger partial charge is 0.486 e. The van der Waals surface area contributed by atoms with Gasteiger partial charge in [-0.25, -0.2) is 0 Å². The second-order valence-corrected chi connectivity index (χ2v) is 4.63. The summed E-state index contributed by atoms with van der Waals surface area (Å²) in [7, 11) is 0. The van der Waals surface area contributed by atoms with Crippen LogP contribution in [-0.2, 0) is 11.2 Å². The van der Waals surface area contributed by atoms with E-state index in [0.29, 0.717) is 6.42 Å². The lowest BCUT2D eigenvalue weighted by atomic mass is 10.1. The maximum Gasteiger partial charge on any atom is 0.170 e. The lowest BCUT2D eigenvalue weighted by Gasteiger charge is -2.06. The monoisotopic (exact) mass is 254 g/mol. The van der Waals surface area contributed by atoms with Crippen molar-refractivity contribution in [3.8, 4) is 5.75 Å². The summed E-state index contributed by atoms with van der Waals surface area (Å²) >= 11 is 0. The van der Waals surface area contributed by atoms with Crippen molar-refractivity contribution in [2.75, 3.05) is 6.61 Å². The van der Waals surface area contributed by atoms with Crippen LogP contribution in [-0.4, -0.2) is 12.4 Å². The number of Topliss-reactive ketones (excluding diaryl/α,β-unsaturated/α-hetero) is 1. The number of benzene rings is 2. The third kappa shape index (κ3) is 4.59. The highest BCUT2D eigenvalue weighted by Crippen LogP contribution is 2.12. The lowest BCUT2D eigenvalue weighted by Crippen LogP contribution is -2.12. The lowest BCUT2D eigenvalue weighted by molar-refractivity contribution is -0.121. The topological polar surface area (TPSA) is 26.3 Å². The number of carbonyl (C=O) groups is 1. The molecule has 2 rings (SSSR count). The normalized spacial score (nSPS) is 10.2. The van der Waals surface area contributed by atoms with Crippen LogP contribution in [0.5, 0.6) is 5.75 Å². The molecule has 0 unspecified atom stereocenters. The van der Waals surface area contributed by atoms with E-state index in [1.807, 2.05) is 61.5 Å². The molecule has 2 heteroatoms. The van der Waals surface area contributed by atoms with Crippen molar-refractivity contribution in [3.63, 3.8) is 0 Å². The van der Waals surface area contributed by atoms with Crippen LogP contribution in [0.1, 0.15) is 17.5 Å². The van der Waals surface area contributed by atoms with Crippen LogP contribution in [0.15, 0.2) is 54.6 Å². The first-order valence-corrected chi connectivity index (χ1v) is 6.49. The fourth-order valence-corrected chi connectivity index (χ4v) is 1.87. The highest BCUT2D eigenvalue weighted by atomic mass is 16.5. The minimum absolute atomic E-state index is 0.130. The highest BCUT2D eigenvalue weighted by Gasteiger charge is 2.04. The number of ether oxygens (including phenoxy) is 1. The second kappa shape index (κ2) is 6.74. The molecule has 0 aliphatic heterocycles. The van der Waals surface area contributed by atoms with Crippen LogP contribution in [0.2, 0.25) is 0 Å². The van der Waals surface area contributed by atoms with E-state index in [4.69, 9.17) is 4.74 Å². The molecular weight excluding hydrogens is 236 g/mol. The quantitative estimate of drug-likeness (QED) is 0.787. The fraction of sp³-hybridized carbons (Fsp3) is 0.235. The Hall–Kier alpha value is -2.09. The van der Waals surface area contributed by atoms with E-state index in [0.717, 1.165) is 17.7 Å². The molecule has 0 saturated heterocycles. The molecule has 0 radical (unpaired) electrons. The van der Waals surface area contributed by atoms with Crippen molar-refractivity contribution >= 4 is 5.78 Å². The predicted molar refractivity (Wildman–Crippen MR) is 76.4 cm³/mol. The summed E-state index contributed by atoms with van der Waals surface area (Å²) < 4.78 is 5.49. The van der Waals surface area contributed by atoms with Gasteiger partial charge in [0.15, 0.2) is 5.78 Å². The summed E-state index contributed by atoms with van der Waals surface area (Å²) in [5.41, 5.74) is 2.32. The zero-order chi connectivity index (χ0) is 13.5. The van der Waals surface area contributed by atoms with Gasteiger partial charge in [-0.3, -0.25) is 4.79 Å². The summed E-state index contributed by atoms with van der Waals surface area (Å²) in [6.07, 6.45) is 1.30. The summed E-state index contributed by atoms with van der Waals surface area (Å²) in [6.45, 7) is 2.15. The van der Waals surface area contributed by atoms with Crippen LogP contribution in [0, 0.1) is 6.92 Å². The van der Waals surface area contributed by atoms with E-state index in [1.165, 1.54) is 5.56 Å². The van der Waals surface area contributed by atoms with Gasteiger partial charge in [0, 0.05) is 6.42 Å². The molecule has 0 aliphatic carbocycles. The first-order chi connectivity index (χ1) is 9.24. The average molecular weight is 254 g/mol. The Bertz CT molecular complexity index is 532. The number of ketones is 1. The van der Waals surface area contributed by atoms with Crippen LogP contribution in [0.25, 0.3) is 0 Å². The molecule has 0 fully saturated rings. The Labute approximate surface area is 114 Å². The summed E-state index contributed by atoms with van der Waals surface area (Å²) in [4.78, 5) is 11.7. The Balaban J connectivity index is 1.76. The Morgan fingerprint density at radius 2 is 1.84 bits per heavy atom. The zero-order valence-corrected chi connectivity index (χ0v) is 11.1. The smallest absolute Gasteiger partial charge is 0.170 e. The maximum atomic E-state index is 11.7. The van der Waals surface area contributed by atoms with Crippen LogP contribution >= 0.6 is 0 Å². The van der Waals surface area contributed by atoms with E-state index in [1.54, 1.807) is 0 Å². The number of hydrogen-bond acceptors (Lipinski definition) is 2. The summed E-state index contributed by atoms with van der Waals surface area (Å²) in [6, 6.07) is 17.8. The summed E-state index contributed by atoms with van der Waals surface area (Å²) in [5, 5.41) is 0. The van der Waals surface area contributed by atoms with Crippen molar-refractivity contribution in [1.82, 2.24) is 0 Å². The number of hydrogen-bond donors (Lipinski definition) is 0. The van der Waals surface area contributed by atoms with Gasteiger partial charge in [-0.15, -0.1) is 0 Å². The van der Waals surface area contributed by atoms with Crippen LogP contribution in [0.4, 0.5) is 0 Å². The molecule has 0 N–H and O–H groups in total. The molecule has 0 aliphatic rings. The molecule has 0 amide bonds. The van der Waals surface area contributed by atoms with Crippen molar-refractivity contribution in [2.45, 2.75) is 19.8 Å². The first kappa shape index (κ1) is 13.3. The maximum absolute atomic E-state index is 11.7. The minimum Gasteiger partial charge on any atom is -0.486 e. The predicted octanol–water partition coefficient (Wildman–Crippen LogP) is 3.58. The average Bonchev–Trinajstić information content (AvgIpc) is 2.44. The van der Waals surface area contributed by atoms with Gasteiger partial charge in [-0.05, 0) is 36.6 Å². The van der Waals surface area contributed by atoms with E-state index >= 15 is 0 Å². The highest BCUT2D eigenvalue weighted by molar-refractivity contribution is 5.80. The van der Waals surface area contributed by atoms with Crippen molar-refractivity contribution in [2.24, 2.45) is 0 Å². The second-order valence-electron chi connectivity index (χ2n) is 4.63. The van der Waals surface area contributed by atoms with Crippen molar-refractivity contribution in [3.05, 3.63) is 65.7 Å². The van der Waals surface area contributed by atoms with Crippen LogP contribution < -0.4 is 4.74 Å². The number of aryl methyl sites for hydroxylation is 2. The Morgan fingerprint density at radius 3 is 2.58 bits per heavy atom. The van der Waals surface area contributed by atoms with E-state index in [2.05, 4.69) is 0 Å². The SMILES string of the molecule is Cc1cccc(OCC(=O)CCc2ccccc2)c1. The van der Waals surface area contributed by atoms with Gasteiger partial charge >= 0.3 is 0 Å². The Morgan fingerprint density at radius 1 is 1.05 bits per heavy atom. The molecule has 2 aromatic carbocycles. The van der Waals surface area contributed by atoms with Gasteiger partial charge in [0.1, 0.15) is 12.4 Å². The first-order valence-electron chi connectivity index (χ1n) is 6.49. The van der Waals surface area contributed by atoms with Gasteiger partial charge in [-0.2, -0.15) is 0 Å². The van der Waals surface area contributed by atoms with Gasteiger partial charge in [0.05, 0.1) is 0 Å². The summed E-state index contributed by atoms with van der Waals surface area (Å²) in [5.74, 6) is 0.887. The molecule has 0 aromatic heterocycles. The third-order valence-corrected chi connectivity index (χ3v) is 2.92. The molecule has 98 valence electrons. The van der Waals surface area contributed by atoms with Crippen molar-refractivity contribution in [1.29, 1.82) is 0 Å². The molecule has 2 nitrogen and oxygen atoms in total. The molecule has 0 bridgehead atoms. The fourth-order valence-electron chi connectivity index (χ4n) is 1.87. The molecule has 0 atom stereocenters. The molecule has 0 saturated carbocycles. The van der Waals surface area contributed by atoms with Crippen molar-refractivity contribution < 1.29 is 9.53 Å². The molecule has 0 heterocycles. The van der Waals surface area contributed by atoms with E-state index in [-0.39, 0.29) is 12.4 Å². The standard InChI is InChI=1S/C17H18O2/c1-14-6-5-9-17(12-14)19-13-16(18)11-10-15-7-3-2-4-8-15/h2-9,12H,10-11,13H2,1H3. The molecule has 2 aromatic rings. The molecular formula is C17H18O2. The van der Waals surface area contributed by atoms with Gasteiger partial charge in [0.25, 0.3) is 0 Å². The van der Waals surface area contributed by atoms with Gasteiger partial charge in [-0.1, -0.05) is 42.5 Å².